The predicted molar refractivity (Wildman–Crippen MR) is 89.3 cm³/mol. The molecule has 1 aromatic rings. The number of ether oxygens (including phenoxy) is 1. The van der Waals surface area contributed by atoms with Crippen molar-refractivity contribution in [2.75, 3.05) is 31.6 Å². The number of rotatable bonds is 3. The molecule has 2 N–H and O–H groups in total. The molecule has 3 rings (SSSR count). The van der Waals surface area contributed by atoms with Gasteiger partial charge in [-0.2, -0.15) is 0 Å². The number of hydrogen-bond donors (Lipinski definition) is 2. The van der Waals surface area contributed by atoms with Crippen molar-refractivity contribution in [3.05, 3.63) is 30.3 Å². The lowest BCUT2D eigenvalue weighted by Gasteiger charge is -2.48. The Morgan fingerprint density at radius 1 is 1.26 bits per heavy atom. The maximum absolute atomic E-state index is 12.1. The van der Waals surface area contributed by atoms with E-state index >= 15 is 0 Å². The molecular weight excluding hydrogens is 292 g/mol. The maximum atomic E-state index is 12.1. The number of piperidine rings is 1. The van der Waals surface area contributed by atoms with Crippen LogP contribution in [0.1, 0.15) is 32.6 Å². The van der Waals surface area contributed by atoms with Crippen LogP contribution in [0.2, 0.25) is 0 Å². The van der Waals surface area contributed by atoms with Crippen LogP contribution < -0.4 is 5.32 Å². The number of carbonyl (C=O) groups excluding carboxylic acids is 1. The third kappa shape index (κ3) is 4.31. The molecule has 1 amide bonds. The van der Waals surface area contributed by atoms with E-state index in [0.29, 0.717) is 26.0 Å². The average molecular weight is 318 g/mol. The van der Waals surface area contributed by atoms with Crippen molar-refractivity contribution in [2.24, 2.45) is 0 Å². The average Bonchev–Trinajstić information content (AvgIpc) is 2.50. The summed E-state index contributed by atoms with van der Waals surface area (Å²) in [6.07, 6.45) is 3.16. The Bertz CT molecular complexity index is 536. The highest BCUT2D eigenvalue weighted by Gasteiger charge is 2.44. The molecule has 0 radical (unpaired) electrons. The number of para-hydroxylation sites is 1. The fourth-order valence-electron chi connectivity index (χ4n) is 3.69. The van der Waals surface area contributed by atoms with Crippen molar-refractivity contribution in [3.63, 3.8) is 0 Å². The van der Waals surface area contributed by atoms with Gasteiger partial charge in [0.1, 0.15) is 0 Å². The van der Waals surface area contributed by atoms with Gasteiger partial charge in [0.15, 0.2) is 0 Å². The smallest absolute Gasteiger partial charge is 0.238 e. The van der Waals surface area contributed by atoms with E-state index in [2.05, 4.69) is 10.2 Å². The van der Waals surface area contributed by atoms with Gasteiger partial charge < -0.3 is 15.2 Å². The number of carbonyl (C=O) groups is 1. The second-order valence-electron chi connectivity index (χ2n) is 7.15. The van der Waals surface area contributed by atoms with Crippen molar-refractivity contribution >= 4 is 11.6 Å². The Hall–Kier alpha value is -1.43. The van der Waals surface area contributed by atoms with Gasteiger partial charge in [-0.3, -0.25) is 9.69 Å². The van der Waals surface area contributed by atoms with Crippen LogP contribution in [0.4, 0.5) is 5.69 Å². The molecule has 2 aliphatic heterocycles. The van der Waals surface area contributed by atoms with E-state index in [1.165, 1.54) is 0 Å². The number of nitrogens with zero attached hydrogens (tertiary/aromatic N) is 1. The van der Waals surface area contributed by atoms with E-state index in [1.54, 1.807) is 0 Å². The Labute approximate surface area is 137 Å². The Morgan fingerprint density at radius 2 is 1.96 bits per heavy atom. The molecule has 126 valence electrons. The number of anilines is 1. The van der Waals surface area contributed by atoms with Crippen LogP contribution in [0.3, 0.4) is 0 Å². The number of nitrogens with one attached hydrogen (secondary N) is 1. The molecule has 1 unspecified atom stereocenters. The van der Waals surface area contributed by atoms with E-state index < -0.39 is 5.60 Å². The van der Waals surface area contributed by atoms with Gasteiger partial charge in [-0.25, -0.2) is 0 Å². The summed E-state index contributed by atoms with van der Waals surface area (Å²) in [5.41, 5.74) is 0.0110. The summed E-state index contributed by atoms with van der Waals surface area (Å²) in [7, 11) is 0. The van der Waals surface area contributed by atoms with Gasteiger partial charge in [-0.05, 0) is 38.3 Å². The highest BCUT2D eigenvalue weighted by molar-refractivity contribution is 5.92. The number of likely N-dealkylation sites (tertiary alicyclic amines) is 1. The lowest BCUT2D eigenvalue weighted by atomic mass is 9.78. The van der Waals surface area contributed by atoms with Gasteiger partial charge in [0.25, 0.3) is 0 Å². The molecule has 2 heterocycles. The molecule has 2 saturated heterocycles. The van der Waals surface area contributed by atoms with Crippen molar-refractivity contribution in [1.82, 2.24) is 4.90 Å². The zero-order valence-corrected chi connectivity index (χ0v) is 13.8. The van der Waals surface area contributed by atoms with Crippen molar-refractivity contribution < 1.29 is 14.6 Å². The van der Waals surface area contributed by atoms with E-state index in [1.807, 2.05) is 37.3 Å². The third-order valence-electron chi connectivity index (χ3n) is 4.94. The number of amides is 1. The van der Waals surface area contributed by atoms with Crippen LogP contribution in [-0.2, 0) is 9.53 Å². The molecule has 2 fully saturated rings. The fourth-order valence-corrected chi connectivity index (χ4v) is 3.69. The van der Waals surface area contributed by atoms with Crippen LogP contribution in [0.25, 0.3) is 0 Å². The zero-order chi connectivity index (χ0) is 16.3. The fraction of sp³-hybridized carbons (Fsp3) is 0.611. The summed E-state index contributed by atoms with van der Waals surface area (Å²) in [4.78, 5) is 14.3. The Kier molecular flexibility index (Phi) is 4.71. The van der Waals surface area contributed by atoms with Gasteiger partial charge in [-0.1, -0.05) is 18.2 Å². The molecule has 0 saturated carbocycles. The van der Waals surface area contributed by atoms with E-state index in [-0.39, 0.29) is 11.5 Å². The molecule has 0 aromatic heterocycles. The minimum absolute atomic E-state index is 0.0173. The highest BCUT2D eigenvalue weighted by atomic mass is 16.5. The largest absolute Gasteiger partial charge is 0.390 e. The second-order valence-corrected chi connectivity index (χ2v) is 7.15. The molecular formula is C18H26N2O3. The molecule has 1 aromatic carbocycles. The number of benzene rings is 1. The summed E-state index contributed by atoms with van der Waals surface area (Å²) in [5.74, 6) is 0.0173. The van der Waals surface area contributed by atoms with Gasteiger partial charge in [-0.15, -0.1) is 0 Å². The molecule has 5 nitrogen and oxygen atoms in total. The Morgan fingerprint density at radius 3 is 2.61 bits per heavy atom. The molecule has 0 aliphatic carbocycles. The first-order chi connectivity index (χ1) is 11.0. The first-order valence-corrected chi connectivity index (χ1v) is 8.40. The second kappa shape index (κ2) is 6.59. The first kappa shape index (κ1) is 16.4. The standard InChI is InChI=1S/C18H26N2O3/c1-17(22)9-12-23-18(14-17)7-10-20(11-8-18)13-16(21)19-15-5-3-2-4-6-15/h2-6,22H,7-14H2,1H3,(H,19,21). The van der Waals surface area contributed by atoms with Gasteiger partial charge in [0, 0.05) is 25.2 Å². The van der Waals surface area contributed by atoms with Gasteiger partial charge in [0.05, 0.1) is 24.4 Å². The van der Waals surface area contributed by atoms with E-state index in [9.17, 15) is 9.90 Å². The number of aliphatic hydroxyl groups is 1. The SMILES string of the molecule is CC1(O)CCOC2(CCN(CC(=O)Nc3ccccc3)CC2)C1. The highest BCUT2D eigenvalue weighted by Crippen LogP contribution is 2.39. The molecule has 2 aliphatic rings. The summed E-state index contributed by atoms with van der Waals surface area (Å²) in [5, 5.41) is 13.2. The molecule has 1 spiro atoms. The van der Waals surface area contributed by atoms with Crippen molar-refractivity contribution in [3.8, 4) is 0 Å². The number of hydrogen-bond acceptors (Lipinski definition) is 4. The molecule has 1 atom stereocenters. The third-order valence-corrected chi connectivity index (χ3v) is 4.94. The maximum Gasteiger partial charge on any atom is 0.238 e. The summed E-state index contributed by atoms with van der Waals surface area (Å²) < 4.78 is 6.00. The predicted octanol–water partition coefficient (Wildman–Crippen LogP) is 2.02. The van der Waals surface area contributed by atoms with Crippen LogP contribution in [0.5, 0.6) is 0 Å². The first-order valence-electron chi connectivity index (χ1n) is 8.40. The monoisotopic (exact) mass is 318 g/mol. The van der Waals surface area contributed by atoms with Gasteiger partial charge >= 0.3 is 0 Å². The van der Waals surface area contributed by atoms with Crippen molar-refractivity contribution in [2.45, 2.75) is 43.8 Å². The molecule has 23 heavy (non-hydrogen) atoms. The summed E-state index contributed by atoms with van der Waals surface area (Å²) >= 11 is 0. The quantitative estimate of drug-likeness (QED) is 0.895. The lowest BCUT2D eigenvalue weighted by Crippen LogP contribution is -2.54. The Balaban J connectivity index is 1.48. The molecule has 5 heteroatoms. The van der Waals surface area contributed by atoms with E-state index in [0.717, 1.165) is 31.6 Å². The lowest BCUT2D eigenvalue weighted by molar-refractivity contribution is -0.173. The van der Waals surface area contributed by atoms with E-state index in [4.69, 9.17) is 4.74 Å². The summed E-state index contributed by atoms with van der Waals surface area (Å²) in [6, 6.07) is 9.53. The minimum Gasteiger partial charge on any atom is -0.390 e. The van der Waals surface area contributed by atoms with Crippen LogP contribution >= 0.6 is 0 Å². The zero-order valence-electron chi connectivity index (χ0n) is 13.8. The summed E-state index contributed by atoms with van der Waals surface area (Å²) in [6.45, 7) is 4.59. The minimum atomic E-state index is -0.620. The normalized spacial score (nSPS) is 27.7. The van der Waals surface area contributed by atoms with Crippen LogP contribution in [-0.4, -0.2) is 53.4 Å². The topological polar surface area (TPSA) is 61.8 Å². The van der Waals surface area contributed by atoms with Crippen LogP contribution in [0.15, 0.2) is 30.3 Å². The van der Waals surface area contributed by atoms with Gasteiger partial charge in [0.2, 0.25) is 5.91 Å². The van der Waals surface area contributed by atoms with Crippen molar-refractivity contribution in [1.29, 1.82) is 0 Å². The van der Waals surface area contributed by atoms with Crippen LogP contribution in [0, 0.1) is 0 Å². The molecule has 0 bridgehead atoms.